The Balaban J connectivity index is 1.44. The zero-order chi connectivity index (χ0) is 17.9. The molecule has 2 aromatic carbocycles. The van der Waals surface area contributed by atoms with E-state index in [1.54, 1.807) is 0 Å². The summed E-state index contributed by atoms with van der Waals surface area (Å²) in [5, 5.41) is 7.29. The summed E-state index contributed by atoms with van der Waals surface area (Å²) >= 11 is 6.00. The van der Waals surface area contributed by atoms with Crippen LogP contribution in [0.3, 0.4) is 0 Å². The maximum absolute atomic E-state index is 6.00. The van der Waals surface area contributed by atoms with Gasteiger partial charge in [-0.1, -0.05) is 17.7 Å². The molecule has 3 aromatic rings. The number of anilines is 3. The van der Waals surface area contributed by atoms with Gasteiger partial charge in [0.1, 0.15) is 18.0 Å². The molecule has 0 aliphatic carbocycles. The van der Waals surface area contributed by atoms with Gasteiger partial charge in [-0.05, 0) is 48.4 Å². The van der Waals surface area contributed by atoms with Gasteiger partial charge in [0.05, 0.1) is 0 Å². The molecular formula is C19H17ClN4O2. The lowest BCUT2D eigenvalue weighted by Crippen LogP contribution is -2.03. The van der Waals surface area contributed by atoms with E-state index in [9.17, 15) is 0 Å². The van der Waals surface area contributed by atoms with E-state index in [0.717, 1.165) is 34.1 Å². The molecule has 0 fully saturated rings. The first kappa shape index (κ1) is 16.5. The summed E-state index contributed by atoms with van der Waals surface area (Å²) in [6, 6.07) is 13.4. The van der Waals surface area contributed by atoms with E-state index >= 15 is 0 Å². The van der Waals surface area contributed by atoms with Crippen molar-refractivity contribution < 1.29 is 9.47 Å². The minimum Gasteiger partial charge on any atom is -0.454 e. The monoisotopic (exact) mass is 368 g/mol. The number of nitrogens with one attached hydrogen (secondary N) is 2. The Bertz CT molecular complexity index is 949. The second-order valence-corrected chi connectivity index (χ2v) is 6.35. The Kier molecular flexibility index (Phi) is 4.50. The van der Waals surface area contributed by atoms with Crippen molar-refractivity contribution in [1.82, 2.24) is 9.97 Å². The number of benzene rings is 2. The molecule has 0 bridgehead atoms. The lowest BCUT2D eigenvalue weighted by molar-refractivity contribution is 0.174. The molecule has 0 unspecified atom stereocenters. The Morgan fingerprint density at radius 1 is 1.00 bits per heavy atom. The van der Waals surface area contributed by atoms with Crippen LogP contribution >= 0.6 is 11.6 Å². The van der Waals surface area contributed by atoms with Crippen LogP contribution in [0.25, 0.3) is 0 Å². The normalized spacial score (nSPS) is 12.1. The first-order valence-corrected chi connectivity index (χ1v) is 8.53. The number of rotatable bonds is 5. The summed E-state index contributed by atoms with van der Waals surface area (Å²) in [5.74, 6) is 2.98. The van der Waals surface area contributed by atoms with Crippen molar-refractivity contribution in [2.45, 2.75) is 13.5 Å². The molecular weight excluding hydrogens is 352 g/mol. The van der Waals surface area contributed by atoms with Crippen molar-refractivity contribution in [3.63, 3.8) is 0 Å². The number of fused-ring (bicyclic) bond motifs is 1. The number of hydrogen-bond acceptors (Lipinski definition) is 6. The van der Waals surface area contributed by atoms with Gasteiger partial charge >= 0.3 is 0 Å². The van der Waals surface area contributed by atoms with E-state index in [4.69, 9.17) is 21.1 Å². The van der Waals surface area contributed by atoms with Crippen molar-refractivity contribution in [3.05, 3.63) is 64.9 Å². The maximum Gasteiger partial charge on any atom is 0.231 e. The average molecular weight is 369 g/mol. The SMILES string of the molecule is Cc1cc(Cl)ccc1Nc1cc(NCc2ccc3c(c2)OCO3)ncn1. The molecule has 4 rings (SSSR count). The molecule has 2 heterocycles. The number of nitrogens with zero attached hydrogens (tertiary/aromatic N) is 2. The second kappa shape index (κ2) is 7.09. The molecule has 0 atom stereocenters. The quantitative estimate of drug-likeness (QED) is 0.690. The molecule has 1 aliphatic heterocycles. The third-order valence-electron chi connectivity index (χ3n) is 4.03. The molecule has 6 nitrogen and oxygen atoms in total. The number of ether oxygens (including phenoxy) is 2. The topological polar surface area (TPSA) is 68.3 Å². The molecule has 132 valence electrons. The van der Waals surface area contributed by atoms with Gasteiger partial charge in [0, 0.05) is 23.3 Å². The van der Waals surface area contributed by atoms with Crippen molar-refractivity contribution in [1.29, 1.82) is 0 Å². The van der Waals surface area contributed by atoms with Crippen LogP contribution in [0.5, 0.6) is 11.5 Å². The van der Waals surface area contributed by atoms with Crippen molar-refractivity contribution in [2.24, 2.45) is 0 Å². The van der Waals surface area contributed by atoms with E-state index in [1.807, 2.05) is 49.4 Å². The van der Waals surface area contributed by atoms with E-state index in [0.29, 0.717) is 17.4 Å². The molecule has 1 aromatic heterocycles. The fourth-order valence-electron chi connectivity index (χ4n) is 2.67. The minimum absolute atomic E-state index is 0.275. The molecule has 0 amide bonds. The predicted octanol–water partition coefficient (Wildman–Crippen LogP) is 4.52. The summed E-state index contributed by atoms with van der Waals surface area (Å²) in [6.45, 7) is 2.89. The largest absolute Gasteiger partial charge is 0.454 e. The van der Waals surface area contributed by atoms with Crippen LogP contribution in [0.4, 0.5) is 17.3 Å². The predicted molar refractivity (Wildman–Crippen MR) is 101 cm³/mol. The molecule has 2 N–H and O–H groups in total. The van der Waals surface area contributed by atoms with Gasteiger partial charge in [-0.2, -0.15) is 0 Å². The lowest BCUT2D eigenvalue weighted by atomic mass is 10.2. The molecule has 0 spiro atoms. The Morgan fingerprint density at radius 2 is 1.85 bits per heavy atom. The summed E-state index contributed by atoms with van der Waals surface area (Å²) < 4.78 is 10.7. The summed E-state index contributed by atoms with van der Waals surface area (Å²) in [4.78, 5) is 8.53. The standard InChI is InChI=1S/C19H17ClN4O2/c1-12-6-14(20)3-4-15(12)24-19-8-18(22-10-23-19)21-9-13-2-5-16-17(7-13)26-11-25-16/h2-8,10H,9,11H2,1H3,(H2,21,22,23,24). The van der Waals surface area contributed by atoms with Gasteiger partial charge < -0.3 is 20.1 Å². The van der Waals surface area contributed by atoms with Crippen molar-refractivity contribution in [3.8, 4) is 11.5 Å². The van der Waals surface area contributed by atoms with Crippen LogP contribution in [0.2, 0.25) is 5.02 Å². The Morgan fingerprint density at radius 3 is 2.73 bits per heavy atom. The maximum atomic E-state index is 6.00. The Hall–Kier alpha value is -2.99. The van der Waals surface area contributed by atoms with Gasteiger partial charge in [-0.15, -0.1) is 0 Å². The highest BCUT2D eigenvalue weighted by Gasteiger charge is 2.13. The van der Waals surface area contributed by atoms with Crippen LogP contribution in [0, 0.1) is 6.92 Å². The minimum atomic E-state index is 0.275. The third-order valence-corrected chi connectivity index (χ3v) is 4.26. The molecule has 0 saturated heterocycles. The van der Waals surface area contributed by atoms with Crippen LogP contribution < -0.4 is 20.1 Å². The smallest absolute Gasteiger partial charge is 0.231 e. The van der Waals surface area contributed by atoms with E-state index in [1.165, 1.54) is 6.33 Å². The molecule has 0 radical (unpaired) electrons. The highest BCUT2D eigenvalue weighted by molar-refractivity contribution is 6.30. The van der Waals surface area contributed by atoms with E-state index in [2.05, 4.69) is 20.6 Å². The van der Waals surface area contributed by atoms with Crippen molar-refractivity contribution in [2.75, 3.05) is 17.4 Å². The molecule has 1 aliphatic rings. The number of hydrogen-bond donors (Lipinski definition) is 2. The first-order valence-electron chi connectivity index (χ1n) is 8.15. The van der Waals surface area contributed by atoms with E-state index < -0.39 is 0 Å². The molecule has 26 heavy (non-hydrogen) atoms. The zero-order valence-electron chi connectivity index (χ0n) is 14.1. The number of halogens is 1. The van der Waals surface area contributed by atoms with Gasteiger partial charge in [0.25, 0.3) is 0 Å². The number of aromatic nitrogens is 2. The fourth-order valence-corrected chi connectivity index (χ4v) is 2.90. The fraction of sp³-hybridized carbons (Fsp3) is 0.158. The van der Waals surface area contributed by atoms with Gasteiger partial charge in [-0.3, -0.25) is 0 Å². The third kappa shape index (κ3) is 3.65. The Labute approximate surface area is 156 Å². The zero-order valence-corrected chi connectivity index (χ0v) is 14.9. The lowest BCUT2D eigenvalue weighted by Gasteiger charge is -2.11. The summed E-state index contributed by atoms with van der Waals surface area (Å²) in [7, 11) is 0. The van der Waals surface area contributed by atoms with Crippen LogP contribution in [0.1, 0.15) is 11.1 Å². The van der Waals surface area contributed by atoms with Gasteiger partial charge in [0.2, 0.25) is 6.79 Å². The molecule has 0 saturated carbocycles. The number of aryl methyl sites for hydroxylation is 1. The molecule has 7 heteroatoms. The van der Waals surface area contributed by atoms with E-state index in [-0.39, 0.29) is 6.79 Å². The van der Waals surface area contributed by atoms with Crippen LogP contribution in [-0.4, -0.2) is 16.8 Å². The summed E-state index contributed by atoms with van der Waals surface area (Å²) in [5.41, 5.74) is 3.08. The van der Waals surface area contributed by atoms with Gasteiger partial charge in [0.15, 0.2) is 11.5 Å². The van der Waals surface area contributed by atoms with Crippen LogP contribution in [-0.2, 0) is 6.54 Å². The second-order valence-electron chi connectivity index (χ2n) is 5.91. The van der Waals surface area contributed by atoms with Crippen molar-refractivity contribution >= 4 is 28.9 Å². The van der Waals surface area contributed by atoms with Gasteiger partial charge in [-0.25, -0.2) is 9.97 Å². The summed E-state index contributed by atoms with van der Waals surface area (Å²) in [6.07, 6.45) is 1.52. The highest BCUT2D eigenvalue weighted by Crippen LogP contribution is 2.32. The average Bonchev–Trinajstić information content (AvgIpc) is 3.10. The van der Waals surface area contributed by atoms with Crippen LogP contribution in [0.15, 0.2) is 48.8 Å². The highest BCUT2D eigenvalue weighted by atomic mass is 35.5. The first-order chi connectivity index (χ1) is 12.7.